The largest absolute Gasteiger partial charge is 0.436 e. The van der Waals surface area contributed by atoms with Crippen molar-refractivity contribution in [1.29, 1.82) is 0 Å². The lowest BCUT2D eigenvalue weighted by Crippen LogP contribution is -2.07. The third-order valence-electron chi connectivity index (χ3n) is 4.24. The third-order valence-corrected chi connectivity index (χ3v) is 4.49. The number of carbonyl (C=O) groups excluding carboxylic acids is 1. The number of benzene rings is 3. The molecule has 4 aromatic rings. The molecule has 0 saturated carbocycles. The molecule has 0 radical (unpaired) electrons. The highest BCUT2D eigenvalue weighted by Crippen LogP contribution is 2.26. The Hall–Kier alpha value is -3.37. The zero-order valence-corrected chi connectivity index (χ0v) is 15.9. The number of nitrogens with one attached hydrogen (secondary N) is 1. The van der Waals surface area contributed by atoms with Crippen LogP contribution in [-0.2, 0) is 4.79 Å². The van der Waals surface area contributed by atoms with Crippen molar-refractivity contribution in [3.8, 4) is 11.5 Å². The van der Waals surface area contributed by atoms with E-state index in [2.05, 4.69) is 10.3 Å². The Balaban J connectivity index is 1.45. The van der Waals surface area contributed by atoms with Crippen LogP contribution in [0.2, 0.25) is 5.02 Å². The highest BCUT2D eigenvalue weighted by atomic mass is 35.5. The second-order valence-electron chi connectivity index (χ2n) is 6.44. The molecule has 0 aliphatic heterocycles. The normalized spacial score (nSPS) is 11.2. The molecule has 0 atom stereocenters. The number of amides is 1. The highest BCUT2D eigenvalue weighted by Gasteiger charge is 2.08. The Labute approximate surface area is 167 Å². The quantitative estimate of drug-likeness (QED) is 0.429. The Bertz CT molecular complexity index is 1160. The molecule has 138 valence electrons. The monoisotopic (exact) mass is 388 g/mol. The van der Waals surface area contributed by atoms with E-state index in [1.165, 1.54) is 6.08 Å². The maximum absolute atomic E-state index is 12.1. The number of nitrogens with zero attached hydrogens (tertiary/aromatic N) is 1. The Morgan fingerprint density at radius 3 is 2.54 bits per heavy atom. The molecule has 0 aliphatic rings. The third kappa shape index (κ3) is 4.13. The molecule has 4 nitrogen and oxygen atoms in total. The minimum absolute atomic E-state index is 0.208. The van der Waals surface area contributed by atoms with E-state index in [1.54, 1.807) is 18.2 Å². The summed E-state index contributed by atoms with van der Waals surface area (Å²) in [5.41, 5.74) is 5.16. The first-order valence-electron chi connectivity index (χ1n) is 8.79. The van der Waals surface area contributed by atoms with Gasteiger partial charge < -0.3 is 9.73 Å². The second-order valence-corrected chi connectivity index (χ2v) is 6.88. The van der Waals surface area contributed by atoms with Crippen molar-refractivity contribution in [1.82, 2.24) is 4.98 Å². The topological polar surface area (TPSA) is 55.1 Å². The number of carbonyl (C=O) groups is 1. The van der Waals surface area contributed by atoms with E-state index in [0.29, 0.717) is 16.6 Å². The van der Waals surface area contributed by atoms with Gasteiger partial charge in [-0.1, -0.05) is 29.8 Å². The lowest BCUT2D eigenvalue weighted by Gasteiger charge is -2.03. The molecule has 1 aromatic heterocycles. The van der Waals surface area contributed by atoms with Crippen LogP contribution in [-0.4, -0.2) is 10.9 Å². The smallest absolute Gasteiger partial charge is 0.248 e. The van der Waals surface area contributed by atoms with Gasteiger partial charge in [-0.3, -0.25) is 4.79 Å². The second kappa shape index (κ2) is 7.71. The Morgan fingerprint density at radius 2 is 1.79 bits per heavy atom. The first-order valence-corrected chi connectivity index (χ1v) is 9.17. The van der Waals surface area contributed by atoms with E-state index in [9.17, 15) is 4.79 Å². The van der Waals surface area contributed by atoms with Crippen LogP contribution >= 0.6 is 11.6 Å². The van der Waals surface area contributed by atoms with E-state index in [4.69, 9.17) is 16.0 Å². The minimum Gasteiger partial charge on any atom is -0.436 e. The molecule has 0 aliphatic carbocycles. The van der Waals surface area contributed by atoms with Crippen LogP contribution in [0.1, 0.15) is 11.1 Å². The number of anilines is 1. The van der Waals surface area contributed by atoms with Gasteiger partial charge in [-0.2, -0.15) is 0 Å². The predicted octanol–water partition coefficient (Wildman–Crippen LogP) is 6.11. The molecule has 28 heavy (non-hydrogen) atoms. The number of hydrogen-bond donors (Lipinski definition) is 1. The number of halogens is 1. The van der Waals surface area contributed by atoms with Crippen LogP contribution in [0, 0.1) is 6.92 Å². The summed E-state index contributed by atoms with van der Waals surface area (Å²) >= 11 is 5.85. The van der Waals surface area contributed by atoms with Gasteiger partial charge in [0.1, 0.15) is 5.52 Å². The number of aryl methyl sites for hydroxylation is 1. The average Bonchev–Trinajstić information content (AvgIpc) is 3.11. The lowest BCUT2D eigenvalue weighted by atomic mass is 10.2. The summed E-state index contributed by atoms with van der Waals surface area (Å²) in [6.07, 6.45) is 3.22. The van der Waals surface area contributed by atoms with E-state index >= 15 is 0 Å². The van der Waals surface area contributed by atoms with E-state index in [0.717, 1.165) is 27.8 Å². The molecule has 1 amide bonds. The van der Waals surface area contributed by atoms with Gasteiger partial charge in [0.25, 0.3) is 0 Å². The van der Waals surface area contributed by atoms with Gasteiger partial charge in [-0.05, 0) is 72.7 Å². The highest BCUT2D eigenvalue weighted by molar-refractivity contribution is 6.30. The molecule has 0 unspecified atom stereocenters. The van der Waals surface area contributed by atoms with Crippen molar-refractivity contribution in [2.45, 2.75) is 6.92 Å². The number of hydrogen-bond acceptors (Lipinski definition) is 3. The first kappa shape index (κ1) is 18.0. The molecular weight excluding hydrogens is 372 g/mol. The van der Waals surface area contributed by atoms with E-state index in [1.807, 2.05) is 61.5 Å². The maximum atomic E-state index is 12.1. The van der Waals surface area contributed by atoms with E-state index < -0.39 is 0 Å². The average molecular weight is 389 g/mol. The molecule has 0 saturated heterocycles. The van der Waals surface area contributed by atoms with Crippen molar-refractivity contribution in [2.75, 3.05) is 5.32 Å². The van der Waals surface area contributed by atoms with Crippen LogP contribution in [0.25, 0.3) is 28.6 Å². The number of aromatic nitrogens is 1. The van der Waals surface area contributed by atoms with Gasteiger partial charge in [0, 0.05) is 22.3 Å². The van der Waals surface area contributed by atoms with Crippen molar-refractivity contribution in [3.63, 3.8) is 0 Å². The number of rotatable bonds is 4. The molecule has 5 heteroatoms. The first-order chi connectivity index (χ1) is 13.6. The molecule has 0 spiro atoms. The summed E-state index contributed by atoms with van der Waals surface area (Å²) in [6.45, 7) is 2.01. The van der Waals surface area contributed by atoms with Gasteiger partial charge in [0.15, 0.2) is 5.58 Å². The SMILES string of the molecule is Cc1ccc2nc(-c3ccc(NC(=O)C=Cc4ccc(Cl)cc4)cc3)oc2c1. The van der Waals surface area contributed by atoms with Crippen LogP contribution in [0.5, 0.6) is 0 Å². The van der Waals surface area contributed by atoms with Crippen LogP contribution in [0.3, 0.4) is 0 Å². The summed E-state index contributed by atoms with van der Waals surface area (Å²) < 4.78 is 5.83. The zero-order chi connectivity index (χ0) is 19.5. The van der Waals surface area contributed by atoms with Gasteiger partial charge in [0.05, 0.1) is 0 Å². The molecule has 4 rings (SSSR count). The van der Waals surface area contributed by atoms with Crippen molar-refractivity contribution in [3.05, 3.63) is 89.0 Å². The summed E-state index contributed by atoms with van der Waals surface area (Å²) in [7, 11) is 0. The standard InChI is InChI=1S/C23H17ClN2O2/c1-15-2-12-20-21(14-15)28-23(26-20)17-6-10-19(11-7-17)25-22(27)13-5-16-3-8-18(24)9-4-16/h2-14H,1H3,(H,25,27). The molecule has 1 heterocycles. The molecule has 0 fully saturated rings. The lowest BCUT2D eigenvalue weighted by molar-refractivity contribution is -0.111. The van der Waals surface area contributed by atoms with Crippen molar-refractivity contribution >= 4 is 40.4 Å². The molecule has 0 bridgehead atoms. The summed E-state index contributed by atoms with van der Waals surface area (Å²) in [5, 5.41) is 3.50. The Kier molecular flexibility index (Phi) is 4.96. The van der Waals surface area contributed by atoms with Gasteiger partial charge >= 0.3 is 0 Å². The van der Waals surface area contributed by atoms with Crippen molar-refractivity contribution < 1.29 is 9.21 Å². The molecular formula is C23H17ClN2O2. The number of fused-ring (bicyclic) bond motifs is 1. The summed E-state index contributed by atoms with van der Waals surface area (Å²) in [6, 6.07) is 20.6. The number of oxazole rings is 1. The Morgan fingerprint density at radius 1 is 1.04 bits per heavy atom. The predicted molar refractivity (Wildman–Crippen MR) is 113 cm³/mol. The summed E-state index contributed by atoms with van der Waals surface area (Å²) in [5.74, 6) is 0.348. The fraction of sp³-hybridized carbons (Fsp3) is 0.0435. The van der Waals surface area contributed by atoms with Crippen LogP contribution in [0.15, 0.2) is 77.2 Å². The fourth-order valence-corrected chi connectivity index (χ4v) is 2.91. The van der Waals surface area contributed by atoms with Crippen LogP contribution < -0.4 is 5.32 Å². The molecule has 1 N–H and O–H groups in total. The fourth-order valence-electron chi connectivity index (χ4n) is 2.78. The van der Waals surface area contributed by atoms with Crippen LogP contribution in [0.4, 0.5) is 5.69 Å². The van der Waals surface area contributed by atoms with Gasteiger partial charge in [-0.15, -0.1) is 0 Å². The molecule has 3 aromatic carbocycles. The van der Waals surface area contributed by atoms with Crippen molar-refractivity contribution in [2.24, 2.45) is 0 Å². The minimum atomic E-state index is -0.208. The maximum Gasteiger partial charge on any atom is 0.248 e. The van der Waals surface area contributed by atoms with E-state index in [-0.39, 0.29) is 5.91 Å². The van der Waals surface area contributed by atoms with Gasteiger partial charge in [0.2, 0.25) is 11.8 Å². The van der Waals surface area contributed by atoms with Gasteiger partial charge in [-0.25, -0.2) is 4.98 Å². The zero-order valence-electron chi connectivity index (χ0n) is 15.1. The summed E-state index contributed by atoms with van der Waals surface area (Å²) in [4.78, 5) is 16.6.